The lowest BCUT2D eigenvalue weighted by Crippen LogP contribution is -1.85. The predicted molar refractivity (Wildman–Crippen MR) is 58.9 cm³/mol. The van der Waals surface area contributed by atoms with Gasteiger partial charge >= 0.3 is 8.25 Å². The van der Waals surface area contributed by atoms with E-state index in [4.69, 9.17) is 9.05 Å². The van der Waals surface area contributed by atoms with Crippen molar-refractivity contribution in [2.75, 3.05) is 0 Å². The molecule has 0 N–H and O–H groups in total. The highest BCUT2D eigenvalue weighted by molar-refractivity contribution is 7.34. The molecule has 2 heterocycles. The molecule has 0 fully saturated rings. The van der Waals surface area contributed by atoms with Crippen LogP contribution in [0, 0.1) is 0 Å². The number of rotatable bonds is 4. The maximum absolute atomic E-state index is 11.3. The standard InChI is InChI=1S/C8H7O3PS2/c9-12(10-7-1-3-13-5-7)11-8-2-4-14-6-8/h1-6,12H. The Bertz CT molecular complexity index is 358. The molecule has 2 aromatic heterocycles. The van der Waals surface area contributed by atoms with Gasteiger partial charge in [-0.1, -0.05) is 0 Å². The zero-order valence-electron chi connectivity index (χ0n) is 7.01. The van der Waals surface area contributed by atoms with Crippen molar-refractivity contribution in [3.63, 3.8) is 0 Å². The van der Waals surface area contributed by atoms with Crippen molar-refractivity contribution in [2.24, 2.45) is 0 Å². The van der Waals surface area contributed by atoms with Gasteiger partial charge in [0.05, 0.1) is 0 Å². The molecular weight excluding hydrogens is 239 g/mol. The smallest absolute Gasteiger partial charge is 0.417 e. The highest BCUT2D eigenvalue weighted by atomic mass is 32.1. The van der Waals surface area contributed by atoms with E-state index < -0.39 is 8.25 Å². The second kappa shape index (κ2) is 4.64. The van der Waals surface area contributed by atoms with E-state index in [0.29, 0.717) is 11.5 Å². The predicted octanol–water partition coefficient (Wildman–Crippen LogP) is 3.66. The first kappa shape index (κ1) is 9.77. The molecule has 0 aromatic carbocycles. The fraction of sp³-hybridized carbons (Fsp3) is 0. The summed E-state index contributed by atoms with van der Waals surface area (Å²) < 4.78 is 21.5. The Morgan fingerprint density at radius 3 is 1.86 bits per heavy atom. The van der Waals surface area contributed by atoms with Crippen LogP contribution in [0.5, 0.6) is 11.5 Å². The van der Waals surface area contributed by atoms with Crippen LogP contribution in [0.4, 0.5) is 0 Å². The van der Waals surface area contributed by atoms with Gasteiger partial charge in [-0.2, -0.15) is 0 Å². The summed E-state index contributed by atoms with van der Waals surface area (Å²) in [6.07, 6.45) is 0. The Balaban J connectivity index is 1.91. The molecule has 0 amide bonds. The van der Waals surface area contributed by atoms with Crippen molar-refractivity contribution in [1.82, 2.24) is 0 Å². The van der Waals surface area contributed by atoms with Crippen LogP contribution in [0.2, 0.25) is 0 Å². The summed E-state index contributed by atoms with van der Waals surface area (Å²) in [4.78, 5) is 0. The zero-order valence-corrected chi connectivity index (χ0v) is 9.64. The van der Waals surface area contributed by atoms with E-state index >= 15 is 0 Å². The number of hydrogen-bond donors (Lipinski definition) is 0. The van der Waals surface area contributed by atoms with Crippen LogP contribution in [0.3, 0.4) is 0 Å². The van der Waals surface area contributed by atoms with E-state index in [1.165, 1.54) is 22.7 Å². The molecule has 0 aliphatic carbocycles. The van der Waals surface area contributed by atoms with Crippen LogP contribution < -0.4 is 9.05 Å². The number of hydrogen-bond acceptors (Lipinski definition) is 5. The largest absolute Gasteiger partial charge is 0.419 e. The van der Waals surface area contributed by atoms with E-state index in [0.717, 1.165) is 0 Å². The van der Waals surface area contributed by atoms with Crippen LogP contribution in [-0.2, 0) is 4.57 Å². The topological polar surface area (TPSA) is 35.5 Å². The molecule has 0 radical (unpaired) electrons. The van der Waals surface area contributed by atoms with Gasteiger partial charge < -0.3 is 9.05 Å². The molecule has 2 aromatic rings. The van der Waals surface area contributed by atoms with Crippen LogP contribution >= 0.6 is 30.9 Å². The lowest BCUT2D eigenvalue weighted by molar-refractivity contribution is 0.417. The van der Waals surface area contributed by atoms with Crippen molar-refractivity contribution >= 4 is 30.9 Å². The lowest BCUT2D eigenvalue weighted by atomic mass is 10.6. The van der Waals surface area contributed by atoms with Gasteiger partial charge in [-0.25, -0.2) is 4.57 Å². The summed E-state index contributed by atoms with van der Waals surface area (Å²) in [5, 5.41) is 7.27. The van der Waals surface area contributed by atoms with Gasteiger partial charge in [0.1, 0.15) is 11.5 Å². The minimum Gasteiger partial charge on any atom is -0.417 e. The zero-order chi connectivity index (χ0) is 9.80. The molecule has 6 heteroatoms. The van der Waals surface area contributed by atoms with Gasteiger partial charge in [0.15, 0.2) is 0 Å². The Kier molecular flexibility index (Phi) is 3.24. The highest BCUT2D eigenvalue weighted by Crippen LogP contribution is 2.32. The van der Waals surface area contributed by atoms with Gasteiger partial charge in [0.2, 0.25) is 0 Å². The van der Waals surface area contributed by atoms with E-state index in [1.807, 2.05) is 10.8 Å². The van der Waals surface area contributed by atoms with Gasteiger partial charge in [-0.3, -0.25) is 0 Å². The van der Waals surface area contributed by atoms with E-state index in [2.05, 4.69) is 0 Å². The van der Waals surface area contributed by atoms with Crippen molar-refractivity contribution < 1.29 is 13.6 Å². The Labute approximate surface area is 89.9 Å². The second-order valence-electron chi connectivity index (χ2n) is 2.37. The minimum absolute atomic E-state index is 0.592. The Morgan fingerprint density at radius 2 is 1.50 bits per heavy atom. The third-order valence-corrected chi connectivity index (χ3v) is 3.52. The first-order valence-electron chi connectivity index (χ1n) is 3.78. The van der Waals surface area contributed by atoms with Gasteiger partial charge in [-0.15, -0.1) is 22.7 Å². The summed E-state index contributed by atoms with van der Waals surface area (Å²) in [5.41, 5.74) is 0. The molecule has 0 spiro atoms. The van der Waals surface area contributed by atoms with Crippen molar-refractivity contribution in [1.29, 1.82) is 0 Å². The first-order valence-corrected chi connectivity index (χ1v) is 6.90. The van der Waals surface area contributed by atoms with Crippen molar-refractivity contribution in [3.8, 4) is 11.5 Å². The molecule has 0 aliphatic heterocycles. The maximum Gasteiger partial charge on any atom is 0.419 e. The summed E-state index contributed by atoms with van der Waals surface area (Å²) in [6.45, 7) is 0. The minimum atomic E-state index is -2.47. The molecule has 2 rings (SSSR count). The van der Waals surface area contributed by atoms with Crippen molar-refractivity contribution in [2.45, 2.75) is 0 Å². The normalized spacial score (nSPS) is 10.4. The van der Waals surface area contributed by atoms with Crippen LogP contribution in [0.1, 0.15) is 0 Å². The third-order valence-electron chi connectivity index (χ3n) is 1.39. The van der Waals surface area contributed by atoms with Gasteiger partial charge in [0.25, 0.3) is 0 Å². The average molecular weight is 246 g/mol. The monoisotopic (exact) mass is 246 g/mol. The fourth-order valence-electron chi connectivity index (χ4n) is 0.833. The summed E-state index contributed by atoms with van der Waals surface area (Å²) >= 11 is 2.98. The van der Waals surface area contributed by atoms with Crippen LogP contribution in [0.25, 0.3) is 0 Å². The van der Waals surface area contributed by atoms with Gasteiger partial charge in [-0.05, 0) is 22.9 Å². The molecular formula is C8H7O3PS2. The maximum atomic E-state index is 11.3. The highest BCUT2D eigenvalue weighted by Gasteiger charge is 2.04. The molecule has 0 unspecified atom stereocenters. The molecule has 0 bridgehead atoms. The Morgan fingerprint density at radius 1 is 1.00 bits per heavy atom. The van der Waals surface area contributed by atoms with Gasteiger partial charge in [0, 0.05) is 10.8 Å². The SMILES string of the molecule is O=[PH](Oc1ccsc1)Oc1ccsc1. The lowest BCUT2D eigenvalue weighted by Gasteiger charge is -2.03. The first-order chi connectivity index (χ1) is 6.84. The molecule has 3 nitrogen and oxygen atoms in total. The molecule has 0 atom stereocenters. The summed E-state index contributed by atoms with van der Waals surface area (Å²) in [7, 11) is -2.47. The second-order valence-corrected chi connectivity index (χ2v) is 4.84. The quantitative estimate of drug-likeness (QED) is 0.772. The molecule has 0 saturated heterocycles. The summed E-state index contributed by atoms with van der Waals surface area (Å²) in [6, 6.07) is 3.51. The molecule has 0 saturated carbocycles. The number of thiophene rings is 2. The third kappa shape index (κ3) is 2.61. The van der Waals surface area contributed by atoms with Crippen LogP contribution in [0.15, 0.2) is 33.7 Å². The fourth-order valence-corrected chi connectivity index (χ4v) is 2.79. The van der Waals surface area contributed by atoms with E-state index in [-0.39, 0.29) is 0 Å². The molecule has 74 valence electrons. The van der Waals surface area contributed by atoms with E-state index in [1.54, 1.807) is 22.9 Å². The summed E-state index contributed by atoms with van der Waals surface area (Å²) in [5.74, 6) is 1.18. The van der Waals surface area contributed by atoms with E-state index in [9.17, 15) is 4.57 Å². The van der Waals surface area contributed by atoms with Crippen molar-refractivity contribution in [3.05, 3.63) is 33.7 Å². The Hall–Kier alpha value is -0.770. The molecule has 0 aliphatic rings. The average Bonchev–Trinajstić information content (AvgIpc) is 2.76. The van der Waals surface area contributed by atoms with Crippen LogP contribution in [-0.4, -0.2) is 0 Å². The molecule has 14 heavy (non-hydrogen) atoms.